The average molecular weight is 462 g/mol. The van der Waals surface area contributed by atoms with Crippen LogP contribution < -0.4 is 0 Å². The van der Waals surface area contributed by atoms with Crippen molar-refractivity contribution in [3.05, 3.63) is 0 Å². The van der Waals surface area contributed by atoms with Gasteiger partial charge in [0.15, 0.2) is 0 Å². The first-order chi connectivity index (χ1) is 7.50. The summed E-state index contributed by atoms with van der Waals surface area (Å²) in [5.74, 6) is 0. The molecule has 0 amide bonds. The van der Waals surface area contributed by atoms with Crippen LogP contribution in [0.15, 0.2) is 0 Å². The van der Waals surface area contributed by atoms with E-state index in [1.54, 1.807) is 0 Å². The number of hydrogen-bond donors (Lipinski definition) is 0. The normalized spacial score (nSPS) is 19.7. The zero-order valence-corrected chi connectivity index (χ0v) is 15.4. The molecule has 82 valence electrons. The second kappa shape index (κ2) is 11.7. The summed E-state index contributed by atoms with van der Waals surface area (Å²) in [6, 6.07) is 0. The Labute approximate surface area is 119 Å². The molecule has 0 radical (unpaired) electrons. The van der Waals surface area contributed by atoms with Crippen molar-refractivity contribution in [1.82, 2.24) is 0 Å². The molecule has 0 saturated heterocycles. The topological polar surface area (TPSA) is 0 Å². The zero-order valence-electron chi connectivity index (χ0n) is 8.58. The van der Waals surface area contributed by atoms with Crippen LogP contribution in [0, 0.1) is 19.3 Å². The van der Waals surface area contributed by atoms with Gasteiger partial charge in [-0.2, -0.15) is 0 Å². The van der Waals surface area contributed by atoms with Crippen LogP contribution in [0.2, 0.25) is 21.3 Å². The van der Waals surface area contributed by atoms with Crippen molar-refractivity contribution < 1.29 is 0 Å². The summed E-state index contributed by atoms with van der Waals surface area (Å²) in [5.41, 5.74) is 0. The van der Waals surface area contributed by atoms with Gasteiger partial charge in [-0.05, 0) is 0 Å². The van der Waals surface area contributed by atoms with Crippen LogP contribution in [0.25, 0.3) is 0 Å². The van der Waals surface area contributed by atoms with Crippen molar-refractivity contribution in [2.75, 3.05) is 0 Å². The molecule has 0 fully saturated rings. The standard InChI is InChI=1S/C11H14Se4/c1-2-5-13-9-11-15-7-3-6-14-10-8-12-4-1/h1-7H2. The maximum atomic E-state index is 3.37. The monoisotopic (exact) mass is 466 g/mol. The van der Waals surface area contributed by atoms with Crippen LogP contribution in [-0.4, -0.2) is 59.8 Å². The molecule has 0 aromatic carbocycles. The first kappa shape index (κ1) is 14.3. The van der Waals surface area contributed by atoms with E-state index in [1.807, 2.05) is 0 Å². The molecule has 1 aliphatic heterocycles. The van der Waals surface area contributed by atoms with Gasteiger partial charge >= 0.3 is 120 Å². The van der Waals surface area contributed by atoms with Gasteiger partial charge < -0.3 is 0 Å². The third-order valence-corrected chi connectivity index (χ3v) is 9.12. The molecule has 15 heavy (non-hydrogen) atoms. The molecule has 0 saturated carbocycles. The van der Waals surface area contributed by atoms with Crippen LogP contribution in [0.4, 0.5) is 0 Å². The summed E-state index contributed by atoms with van der Waals surface area (Å²) in [4.78, 5) is 13.5. The summed E-state index contributed by atoms with van der Waals surface area (Å²) in [6.07, 6.45) is 4.13. The first-order valence-corrected chi connectivity index (χ1v) is 13.2. The molecule has 0 aromatic rings. The van der Waals surface area contributed by atoms with Crippen LogP contribution in [-0.2, 0) is 0 Å². The van der Waals surface area contributed by atoms with Crippen molar-refractivity contribution in [3.63, 3.8) is 0 Å². The summed E-state index contributed by atoms with van der Waals surface area (Å²) in [6.45, 7) is 0. The van der Waals surface area contributed by atoms with Gasteiger partial charge in [-0.25, -0.2) is 0 Å². The van der Waals surface area contributed by atoms with E-state index in [2.05, 4.69) is 19.3 Å². The summed E-state index contributed by atoms with van der Waals surface area (Å²) in [7, 11) is 0. The van der Waals surface area contributed by atoms with Crippen molar-refractivity contribution >= 4 is 59.8 Å². The van der Waals surface area contributed by atoms with E-state index in [9.17, 15) is 0 Å². The molecule has 0 aromatic heterocycles. The second-order valence-electron chi connectivity index (χ2n) is 2.86. The molecule has 0 N–H and O–H groups in total. The molecule has 1 rings (SSSR count). The summed E-state index contributed by atoms with van der Waals surface area (Å²) >= 11 is 2.44. The third kappa shape index (κ3) is 10.1. The Morgan fingerprint density at radius 1 is 0.467 bits per heavy atom. The van der Waals surface area contributed by atoms with Gasteiger partial charge in [-0.1, -0.05) is 0 Å². The van der Waals surface area contributed by atoms with Crippen molar-refractivity contribution in [2.45, 2.75) is 40.5 Å². The Kier molecular flexibility index (Phi) is 11.1. The number of rotatable bonds is 0. The van der Waals surface area contributed by atoms with E-state index < -0.39 is 0 Å². The fourth-order valence-electron chi connectivity index (χ4n) is 0.874. The molecule has 1 aliphatic rings. The van der Waals surface area contributed by atoms with Crippen molar-refractivity contribution in [1.29, 1.82) is 0 Å². The quantitative estimate of drug-likeness (QED) is 0.379. The van der Waals surface area contributed by atoms with Crippen LogP contribution in [0.1, 0.15) is 19.3 Å². The fraction of sp³-hybridized carbons (Fsp3) is 0.636. The van der Waals surface area contributed by atoms with Crippen molar-refractivity contribution in [3.8, 4) is 19.3 Å². The van der Waals surface area contributed by atoms with E-state index in [0.717, 1.165) is 0 Å². The molecule has 0 aliphatic carbocycles. The Morgan fingerprint density at radius 3 is 1.20 bits per heavy atom. The van der Waals surface area contributed by atoms with E-state index >= 15 is 0 Å². The Hall–Kier alpha value is 1.20. The van der Waals surface area contributed by atoms with E-state index in [1.165, 1.54) is 40.5 Å². The molecule has 0 nitrogen and oxygen atoms in total. The molecule has 4 heteroatoms. The van der Waals surface area contributed by atoms with E-state index in [-0.39, 0.29) is 0 Å². The second-order valence-corrected chi connectivity index (χ2v) is 10.4. The predicted octanol–water partition coefficient (Wildman–Crippen LogP) is 1.50. The Morgan fingerprint density at radius 2 is 0.800 bits per heavy atom. The first-order valence-electron chi connectivity index (χ1n) is 4.97. The van der Waals surface area contributed by atoms with Gasteiger partial charge in [-0.3, -0.25) is 0 Å². The van der Waals surface area contributed by atoms with Crippen LogP contribution in [0.5, 0.6) is 0 Å². The summed E-state index contributed by atoms with van der Waals surface area (Å²) in [5, 5.41) is 5.43. The summed E-state index contributed by atoms with van der Waals surface area (Å²) < 4.78 is 0. The van der Waals surface area contributed by atoms with Gasteiger partial charge in [0.2, 0.25) is 0 Å². The molecular formula is C11H14Se4. The zero-order chi connectivity index (χ0) is 10.6. The SMILES string of the molecule is C1#C[Se]CCC[Se]C#C[Se]CCCC[Se]1. The van der Waals surface area contributed by atoms with Crippen LogP contribution >= 0.6 is 0 Å². The minimum absolute atomic E-state index is 0.607. The molecule has 0 unspecified atom stereocenters. The predicted molar refractivity (Wildman–Crippen MR) is 71.6 cm³/mol. The Bertz CT molecular complexity index is 238. The molecule has 1 heterocycles. The molecule has 0 atom stereocenters. The van der Waals surface area contributed by atoms with Gasteiger partial charge in [0.25, 0.3) is 0 Å². The van der Waals surface area contributed by atoms with Gasteiger partial charge in [0, 0.05) is 0 Å². The number of hydrogen-bond acceptors (Lipinski definition) is 0. The Balaban J connectivity index is 2.21. The van der Waals surface area contributed by atoms with Gasteiger partial charge in [-0.15, -0.1) is 0 Å². The van der Waals surface area contributed by atoms with E-state index in [4.69, 9.17) is 0 Å². The third-order valence-electron chi connectivity index (χ3n) is 1.61. The average Bonchev–Trinajstić information content (AvgIpc) is 2.27. The molecular weight excluding hydrogens is 448 g/mol. The van der Waals surface area contributed by atoms with E-state index in [0.29, 0.717) is 59.8 Å². The molecule has 0 bridgehead atoms. The van der Waals surface area contributed by atoms with Crippen LogP contribution in [0.3, 0.4) is 0 Å². The molecule has 0 spiro atoms. The minimum atomic E-state index is 0.607. The fourth-order valence-corrected chi connectivity index (χ4v) is 8.39. The van der Waals surface area contributed by atoms with Crippen molar-refractivity contribution in [2.24, 2.45) is 0 Å². The maximum absolute atomic E-state index is 3.37. The van der Waals surface area contributed by atoms with Gasteiger partial charge in [0.05, 0.1) is 0 Å². The van der Waals surface area contributed by atoms with Gasteiger partial charge in [0.1, 0.15) is 0 Å².